The number of carbonyl (C=O) groups is 3. The van der Waals surface area contributed by atoms with Crippen molar-refractivity contribution in [2.45, 2.75) is 170 Å². The van der Waals surface area contributed by atoms with Gasteiger partial charge in [-0.15, -0.1) is 0 Å². The van der Waals surface area contributed by atoms with Crippen molar-refractivity contribution >= 4 is 17.7 Å². The molecule has 61 heavy (non-hydrogen) atoms. The van der Waals surface area contributed by atoms with Crippen LogP contribution in [0.3, 0.4) is 0 Å². The normalized spacial score (nSPS) is 37.6. The molecule has 2 saturated carbocycles. The molecule has 2 N–H and O–H groups in total. The molecule has 0 amide bonds. The van der Waals surface area contributed by atoms with E-state index in [2.05, 4.69) is 13.5 Å². The van der Waals surface area contributed by atoms with Crippen LogP contribution >= 0.6 is 0 Å². The third-order valence-corrected chi connectivity index (χ3v) is 14.8. The van der Waals surface area contributed by atoms with Crippen molar-refractivity contribution in [2.24, 2.45) is 17.8 Å². The predicted octanol–water partition coefficient (Wildman–Crippen LogP) is 8.20. The summed E-state index contributed by atoms with van der Waals surface area (Å²) in [5.74, 6) is -6.49. The van der Waals surface area contributed by atoms with Gasteiger partial charge in [0, 0.05) is 29.7 Å². The average molecular weight is 841 g/mol. The zero-order valence-corrected chi connectivity index (χ0v) is 36.3. The fourth-order valence-electron chi connectivity index (χ4n) is 11.6. The van der Waals surface area contributed by atoms with Crippen LogP contribution in [0.2, 0.25) is 0 Å². The maximum absolute atomic E-state index is 14.4. The Labute approximate surface area is 360 Å². The summed E-state index contributed by atoms with van der Waals surface area (Å²) in [6.07, 6.45) is 12.4. The van der Waals surface area contributed by atoms with E-state index in [1.165, 1.54) is 57.8 Å². The summed E-state index contributed by atoms with van der Waals surface area (Å²) in [4.78, 5) is 41.7. The van der Waals surface area contributed by atoms with Crippen LogP contribution < -0.4 is 0 Å². The molecule has 2 aromatic carbocycles. The highest BCUT2D eigenvalue weighted by atomic mass is 16.9. The Balaban J connectivity index is 1.05. The molecule has 12 atom stereocenters. The molecule has 8 rings (SSSR count). The summed E-state index contributed by atoms with van der Waals surface area (Å²) >= 11 is 0. The van der Waals surface area contributed by atoms with Gasteiger partial charge in [-0.3, -0.25) is 9.59 Å². The monoisotopic (exact) mass is 840 g/mol. The van der Waals surface area contributed by atoms with E-state index in [0.717, 1.165) is 19.3 Å². The van der Waals surface area contributed by atoms with Crippen molar-refractivity contribution in [3.63, 3.8) is 0 Å². The number of fused-ring (bicyclic) bond motifs is 3. The number of ether oxygens (including phenoxy) is 6. The van der Waals surface area contributed by atoms with Gasteiger partial charge in [-0.2, -0.15) is 0 Å². The molecular weight excluding hydrogens is 777 g/mol. The van der Waals surface area contributed by atoms with E-state index in [4.69, 9.17) is 28.4 Å². The number of ketones is 1. The number of epoxide rings is 1. The van der Waals surface area contributed by atoms with Gasteiger partial charge >= 0.3 is 17.9 Å². The first-order valence-corrected chi connectivity index (χ1v) is 22.9. The standard InChI is InChI=1S/C50H64O11/c1-6-7-8-9-10-11-12-13-14-15-16-17-24-29-38(51)56-31-46-42(58-46)39-43-48(32(2)3)41(57-44(53)35-25-20-18-21-26-35)34(5)49(39,37-30-33(4)40(52)47(37,55)45(46)54)61-50(59-43,60-48)36-27-22-19-23-28-36/h18-23,25-28,30,34,37,39,41-43,45,54-55H,2,6-17,24,29,31H2,1,3-5H3/t34-,37+,39+,41+,42-,43-,45-,46-,47-,48+,49+,50-/m1/s1. The van der Waals surface area contributed by atoms with Crippen molar-refractivity contribution in [1.82, 2.24) is 0 Å². The van der Waals surface area contributed by atoms with Gasteiger partial charge in [0.15, 0.2) is 22.6 Å². The molecule has 3 aliphatic carbocycles. The lowest BCUT2D eigenvalue weighted by Gasteiger charge is -2.61. The van der Waals surface area contributed by atoms with Gasteiger partial charge in [-0.05, 0) is 43.5 Å². The number of carbonyl (C=O) groups excluding carboxylic acids is 3. The number of aliphatic hydroxyl groups is 2. The maximum Gasteiger partial charge on any atom is 0.338 e. The van der Waals surface area contributed by atoms with Gasteiger partial charge in [0.05, 0.1) is 11.2 Å². The Hall–Kier alpha value is -3.71. The van der Waals surface area contributed by atoms with Crippen LogP contribution in [-0.4, -0.2) is 81.4 Å². The molecule has 11 heteroatoms. The Kier molecular flexibility index (Phi) is 12.3. The van der Waals surface area contributed by atoms with Crippen LogP contribution in [0.1, 0.15) is 134 Å². The smallest absolute Gasteiger partial charge is 0.338 e. The number of rotatable bonds is 20. The first kappa shape index (κ1) is 43.9. The molecule has 5 fully saturated rings. The van der Waals surface area contributed by atoms with E-state index in [9.17, 15) is 24.6 Å². The largest absolute Gasteiger partial charge is 0.462 e. The van der Waals surface area contributed by atoms with E-state index >= 15 is 0 Å². The highest BCUT2D eigenvalue weighted by Gasteiger charge is 2.91. The van der Waals surface area contributed by atoms with Gasteiger partial charge in [-0.1, -0.05) is 152 Å². The zero-order valence-electron chi connectivity index (χ0n) is 36.3. The third kappa shape index (κ3) is 7.06. The Morgan fingerprint density at radius 1 is 0.820 bits per heavy atom. The topological polar surface area (TPSA) is 150 Å². The summed E-state index contributed by atoms with van der Waals surface area (Å²) in [5, 5.41) is 25.4. The third-order valence-electron chi connectivity index (χ3n) is 14.8. The summed E-state index contributed by atoms with van der Waals surface area (Å²) in [6, 6.07) is 17.7. The van der Waals surface area contributed by atoms with Crippen LogP contribution in [0.5, 0.6) is 0 Å². The Morgan fingerprint density at radius 2 is 1.41 bits per heavy atom. The summed E-state index contributed by atoms with van der Waals surface area (Å²) in [6.45, 7) is 11.5. The highest BCUT2D eigenvalue weighted by Crippen LogP contribution is 2.74. The minimum atomic E-state index is -2.48. The Morgan fingerprint density at radius 3 is 2.02 bits per heavy atom. The van der Waals surface area contributed by atoms with Crippen LogP contribution in [0.4, 0.5) is 0 Å². The lowest BCUT2D eigenvalue weighted by atomic mass is 9.53. The second kappa shape index (κ2) is 17.1. The zero-order chi connectivity index (χ0) is 43.2. The van der Waals surface area contributed by atoms with Crippen LogP contribution in [0.25, 0.3) is 0 Å². The number of benzene rings is 2. The van der Waals surface area contributed by atoms with Crippen LogP contribution in [0, 0.1) is 17.8 Å². The fourth-order valence-corrected chi connectivity index (χ4v) is 11.6. The van der Waals surface area contributed by atoms with E-state index < -0.39 is 94.9 Å². The van der Waals surface area contributed by atoms with Crippen molar-refractivity contribution < 1.29 is 53.0 Å². The molecule has 2 aromatic rings. The van der Waals surface area contributed by atoms with Gasteiger partial charge in [0.1, 0.15) is 31.0 Å². The molecule has 3 bridgehead atoms. The van der Waals surface area contributed by atoms with Crippen LogP contribution in [0.15, 0.2) is 84.5 Å². The first-order chi connectivity index (χ1) is 29.3. The predicted molar refractivity (Wildman–Crippen MR) is 226 cm³/mol. The van der Waals surface area contributed by atoms with Crippen molar-refractivity contribution in [3.8, 4) is 0 Å². The summed E-state index contributed by atoms with van der Waals surface area (Å²) in [7, 11) is 0. The summed E-state index contributed by atoms with van der Waals surface area (Å²) < 4.78 is 40.3. The van der Waals surface area contributed by atoms with Gasteiger partial charge in [0.25, 0.3) is 0 Å². The second-order valence-corrected chi connectivity index (χ2v) is 18.6. The number of unbranched alkanes of at least 4 members (excludes halogenated alkanes) is 12. The van der Waals surface area contributed by atoms with E-state index in [1.807, 2.05) is 25.1 Å². The number of hydrogen-bond acceptors (Lipinski definition) is 11. The summed E-state index contributed by atoms with van der Waals surface area (Å²) in [5.41, 5.74) is -5.75. The quantitative estimate of drug-likeness (QED) is 0.0575. The van der Waals surface area contributed by atoms with Crippen molar-refractivity contribution in [3.05, 3.63) is 95.6 Å². The molecule has 3 aliphatic heterocycles. The molecule has 0 radical (unpaired) electrons. The first-order valence-electron chi connectivity index (χ1n) is 22.9. The van der Waals surface area contributed by atoms with Gasteiger partial charge in [-0.25, -0.2) is 4.79 Å². The van der Waals surface area contributed by atoms with Crippen molar-refractivity contribution in [1.29, 1.82) is 0 Å². The van der Waals surface area contributed by atoms with Gasteiger partial charge < -0.3 is 38.6 Å². The molecule has 11 nitrogen and oxygen atoms in total. The minimum Gasteiger partial charge on any atom is -0.462 e. The molecule has 6 aliphatic rings. The molecule has 0 unspecified atom stereocenters. The SMILES string of the molecule is C=C(C)[C@@]12O[C@@]3(c4ccccc4)O[C@@H]1[C@@H]1[C@H]4O[C@@]4(COC(=O)CCCCCCCCCCCCCCC)[C@@H](O)[C@]4(O)C(=O)C(C)=C[C@@H]4[C@@]1(O3)[C@H](C)[C@@H]2OC(=O)c1ccccc1. The highest BCUT2D eigenvalue weighted by molar-refractivity contribution is 6.05. The lowest BCUT2D eigenvalue weighted by Crippen LogP contribution is -2.76. The number of Topliss-reactive ketones (excluding diaryl/α,β-unsaturated/α-hetero) is 1. The fraction of sp³-hybridized carbons (Fsp3) is 0.620. The van der Waals surface area contributed by atoms with Crippen LogP contribution in [-0.2, 0) is 44.0 Å². The molecule has 3 heterocycles. The van der Waals surface area contributed by atoms with E-state index in [1.54, 1.807) is 62.4 Å². The Bertz CT molecular complexity index is 1980. The lowest BCUT2D eigenvalue weighted by molar-refractivity contribution is -0.440. The molecule has 330 valence electrons. The number of hydrogen-bond donors (Lipinski definition) is 2. The number of aliphatic hydroxyl groups excluding tert-OH is 1. The van der Waals surface area contributed by atoms with E-state index in [-0.39, 0.29) is 12.0 Å². The average Bonchev–Trinajstić information content (AvgIpc) is 3.87. The van der Waals surface area contributed by atoms with Gasteiger partial charge in [0.2, 0.25) is 0 Å². The minimum absolute atomic E-state index is 0.195. The number of esters is 2. The molecule has 0 spiro atoms. The van der Waals surface area contributed by atoms with E-state index in [0.29, 0.717) is 23.1 Å². The molecule has 3 saturated heterocycles. The van der Waals surface area contributed by atoms with Crippen molar-refractivity contribution in [2.75, 3.05) is 6.61 Å². The second-order valence-electron chi connectivity index (χ2n) is 18.6. The molecular formula is C50H64O11. The maximum atomic E-state index is 14.4. The molecule has 0 aromatic heterocycles.